The predicted octanol–water partition coefficient (Wildman–Crippen LogP) is 3.57. The fraction of sp³-hybridized carbons (Fsp3) is 0. The average molecular weight is 212 g/mol. The zero-order chi connectivity index (χ0) is 9.42. The Labute approximate surface area is 83.0 Å². The number of hydrogen-bond acceptors (Lipinski definition) is 2. The predicted molar refractivity (Wildman–Crippen MR) is 51.5 cm³/mol. The highest BCUT2D eigenvalue weighted by molar-refractivity contribution is 7.22. The molecule has 2 aromatic rings. The fourth-order valence-electron chi connectivity index (χ4n) is 1.15. The molecule has 2 rings (SSSR count). The van der Waals surface area contributed by atoms with E-state index in [-0.39, 0.29) is 5.56 Å². The van der Waals surface area contributed by atoms with Crippen molar-refractivity contribution in [1.29, 1.82) is 5.26 Å². The van der Waals surface area contributed by atoms with Crippen LogP contribution in [0.5, 0.6) is 0 Å². The second kappa shape index (κ2) is 2.99. The average Bonchev–Trinajstić information content (AvgIpc) is 2.45. The van der Waals surface area contributed by atoms with Crippen LogP contribution in [0.25, 0.3) is 10.1 Å². The van der Waals surface area contributed by atoms with Gasteiger partial charge in [-0.15, -0.1) is 11.3 Å². The smallest absolute Gasteiger partial charge is 0.142 e. The van der Waals surface area contributed by atoms with Gasteiger partial charge in [0.25, 0.3) is 0 Å². The Morgan fingerprint density at radius 2 is 2.23 bits per heavy atom. The Hall–Kier alpha value is -1.11. The number of nitrogens with zero attached hydrogens (tertiary/aromatic N) is 1. The lowest BCUT2D eigenvalue weighted by molar-refractivity contribution is 0.626. The first-order valence-corrected chi connectivity index (χ1v) is 4.69. The van der Waals surface area contributed by atoms with E-state index in [2.05, 4.69) is 0 Å². The van der Waals surface area contributed by atoms with Crippen molar-refractivity contribution in [2.24, 2.45) is 0 Å². The third-order valence-electron chi connectivity index (χ3n) is 1.72. The minimum Gasteiger partial charge on any atom is -0.205 e. The van der Waals surface area contributed by atoms with Gasteiger partial charge < -0.3 is 0 Å². The Bertz CT molecular complexity index is 512. The minimum absolute atomic E-state index is 0.0781. The molecule has 0 fully saturated rings. The van der Waals surface area contributed by atoms with Crippen LogP contribution in [0.15, 0.2) is 18.2 Å². The van der Waals surface area contributed by atoms with Crippen LogP contribution in [0, 0.1) is 17.1 Å². The molecule has 64 valence electrons. The second-order valence-corrected chi connectivity index (χ2v) is 4.19. The molecule has 0 N–H and O–H groups in total. The Kier molecular flexibility index (Phi) is 1.95. The number of hydrogen-bond donors (Lipinski definition) is 0. The molecule has 13 heavy (non-hydrogen) atoms. The normalized spacial score (nSPS) is 10.2. The standard InChI is InChI=1S/C9H3ClFNS/c10-8-3-5-1-2-7(11)6(4-12)9(5)13-8/h1-3H. The van der Waals surface area contributed by atoms with Crippen molar-refractivity contribution in [2.75, 3.05) is 0 Å². The summed E-state index contributed by atoms with van der Waals surface area (Å²) in [6.45, 7) is 0. The highest BCUT2D eigenvalue weighted by Gasteiger charge is 2.09. The lowest BCUT2D eigenvalue weighted by atomic mass is 10.2. The first-order valence-electron chi connectivity index (χ1n) is 3.50. The quantitative estimate of drug-likeness (QED) is 0.654. The van der Waals surface area contributed by atoms with Crippen molar-refractivity contribution in [3.8, 4) is 6.07 Å². The lowest BCUT2D eigenvalue weighted by Gasteiger charge is -1.93. The lowest BCUT2D eigenvalue weighted by Crippen LogP contribution is -1.81. The molecule has 0 amide bonds. The van der Waals surface area contributed by atoms with E-state index < -0.39 is 5.82 Å². The third kappa shape index (κ3) is 1.28. The number of rotatable bonds is 0. The molecular weight excluding hydrogens is 209 g/mol. The van der Waals surface area contributed by atoms with Crippen molar-refractivity contribution in [2.45, 2.75) is 0 Å². The molecule has 4 heteroatoms. The van der Waals surface area contributed by atoms with Crippen LogP contribution in [0.1, 0.15) is 5.56 Å². The van der Waals surface area contributed by atoms with Gasteiger partial charge in [-0.1, -0.05) is 17.7 Å². The van der Waals surface area contributed by atoms with Crippen LogP contribution in [-0.4, -0.2) is 0 Å². The van der Waals surface area contributed by atoms with Crippen LogP contribution >= 0.6 is 22.9 Å². The van der Waals surface area contributed by atoms with Gasteiger partial charge in [0.05, 0.1) is 9.04 Å². The van der Waals surface area contributed by atoms with Gasteiger partial charge in [-0.3, -0.25) is 0 Å². The molecule has 0 unspecified atom stereocenters. The summed E-state index contributed by atoms with van der Waals surface area (Å²) in [5.41, 5.74) is 0.0781. The number of benzene rings is 1. The third-order valence-corrected chi connectivity index (χ3v) is 3.02. The number of thiophene rings is 1. The summed E-state index contributed by atoms with van der Waals surface area (Å²) in [7, 11) is 0. The van der Waals surface area contributed by atoms with Gasteiger partial charge in [-0.05, 0) is 17.5 Å². The zero-order valence-electron chi connectivity index (χ0n) is 6.34. The van der Waals surface area contributed by atoms with Crippen molar-refractivity contribution < 1.29 is 4.39 Å². The van der Waals surface area contributed by atoms with Gasteiger partial charge in [0, 0.05) is 0 Å². The molecule has 0 bridgehead atoms. The highest BCUT2D eigenvalue weighted by Crippen LogP contribution is 2.32. The van der Waals surface area contributed by atoms with E-state index in [0.29, 0.717) is 9.04 Å². The van der Waals surface area contributed by atoms with Crippen molar-refractivity contribution >= 4 is 33.0 Å². The summed E-state index contributed by atoms with van der Waals surface area (Å²) in [5, 5.41) is 9.51. The summed E-state index contributed by atoms with van der Waals surface area (Å²) in [5.74, 6) is -0.492. The van der Waals surface area contributed by atoms with Crippen LogP contribution in [0.2, 0.25) is 4.34 Å². The van der Waals surface area contributed by atoms with Gasteiger partial charge >= 0.3 is 0 Å². The Morgan fingerprint density at radius 3 is 2.92 bits per heavy atom. The maximum Gasteiger partial charge on any atom is 0.142 e. The number of fused-ring (bicyclic) bond motifs is 1. The molecule has 0 aliphatic rings. The Morgan fingerprint density at radius 1 is 1.46 bits per heavy atom. The van der Waals surface area contributed by atoms with E-state index in [9.17, 15) is 4.39 Å². The number of halogens is 2. The van der Waals surface area contributed by atoms with Gasteiger partial charge in [-0.2, -0.15) is 5.26 Å². The summed E-state index contributed by atoms with van der Waals surface area (Å²) < 4.78 is 14.3. The van der Waals surface area contributed by atoms with E-state index in [1.54, 1.807) is 12.1 Å². The maximum absolute atomic E-state index is 13.1. The van der Waals surface area contributed by atoms with Gasteiger partial charge in [0.1, 0.15) is 17.4 Å². The molecule has 1 nitrogen and oxygen atoms in total. The summed E-state index contributed by atoms with van der Waals surface area (Å²) in [6.07, 6.45) is 0. The first-order chi connectivity index (χ1) is 6.22. The molecule has 0 radical (unpaired) electrons. The minimum atomic E-state index is -0.492. The fourth-order valence-corrected chi connectivity index (χ4v) is 2.37. The van der Waals surface area contributed by atoms with E-state index in [0.717, 1.165) is 5.39 Å². The topological polar surface area (TPSA) is 23.8 Å². The van der Waals surface area contributed by atoms with Gasteiger partial charge in [-0.25, -0.2) is 4.39 Å². The molecule has 0 aliphatic carbocycles. The molecule has 1 aromatic heterocycles. The van der Waals surface area contributed by atoms with Gasteiger partial charge in [0.2, 0.25) is 0 Å². The van der Waals surface area contributed by atoms with E-state index in [1.165, 1.54) is 17.4 Å². The summed E-state index contributed by atoms with van der Waals surface area (Å²) in [4.78, 5) is 0. The first kappa shape index (κ1) is 8.49. The number of nitriles is 1. The van der Waals surface area contributed by atoms with E-state index in [4.69, 9.17) is 16.9 Å². The molecule has 1 heterocycles. The molecule has 0 saturated heterocycles. The zero-order valence-corrected chi connectivity index (χ0v) is 7.92. The maximum atomic E-state index is 13.1. The molecule has 1 aromatic carbocycles. The molecule has 0 saturated carbocycles. The molecular formula is C9H3ClFNS. The van der Waals surface area contributed by atoms with E-state index in [1.807, 2.05) is 6.07 Å². The summed E-state index contributed by atoms with van der Waals surface area (Å²) >= 11 is 6.97. The van der Waals surface area contributed by atoms with Crippen molar-refractivity contribution in [3.05, 3.63) is 33.9 Å². The molecule has 0 aliphatic heterocycles. The van der Waals surface area contributed by atoms with Crippen LogP contribution in [0.4, 0.5) is 4.39 Å². The van der Waals surface area contributed by atoms with Crippen LogP contribution in [0.3, 0.4) is 0 Å². The monoisotopic (exact) mass is 211 g/mol. The molecule has 0 spiro atoms. The summed E-state index contributed by atoms with van der Waals surface area (Å²) in [6, 6.07) is 6.45. The van der Waals surface area contributed by atoms with Crippen molar-refractivity contribution in [3.63, 3.8) is 0 Å². The van der Waals surface area contributed by atoms with Crippen molar-refractivity contribution in [1.82, 2.24) is 0 Å². The second-order valence-electron chi connectivity index (χ2n) is 2.50. The molecule has 0 atom stereocenters. The largest absolute Gasteiger partial charge is 0.205 e. The SMILES string of the molecule is N#Cc1c(F)ccc2cc(Cl)sc12. The van der Waals surface area contributed by atoms with E-state index >= 15 is 0 Å². The van der Waals surface area contributed by atoms with Crippen LogP contribution in [-0.2, 0) is 0 Å². The highest BCUT2D eigenvalue weighted by atomic mass is 35.5. The van der Waals surface area contributed by atoms with Crippen LogP contribution < -0.4 is 0 Å². The van der Waals surface area contributed by atoms with Gasteiger partial charge in [0.15, 0.2) is 0 Å². The Balaban J connectivity index is 2.93.